The Morgan fingerprint density at radius 1 is 1.29 bits per heavy atom. The summed E-state index contributed by atoms with van der Waals surface area (Å²) in [5.41, 5.74) is 1.61. The molecule has 0 aliphatic carbocycles. The van der Waals surface area contributed by atoms with Crippen molar-refractivity contribution < 1.29 is 4.79 Å². The predicted octanol–water partition coefficient (Wildman–Crippen LogP) is 4.22. The second-order valence-corrected chi connectivity index (χ2v) is 6.50. The Morgan fingerprint density at radius 3 is 2.65 bits per heavy atom. The number of halogens is 1. The number of nitrogens with one attached hydrogen (secondary N) is 1. The molecule has 0 aliphatic rings. The molecule has 0 unspecified atom stereocenters. The number of rotatable bonds is 2. The molecule has 0 bridgehead atoms. The predicted molar refractivity (Wildman–Crippen MR) is 80.9 cm³/mol. The third-order valence-corrected chi connectivity index (χ3v) is 4.01. The summed E-state index contributed by atoms with van der Waals surface area (Å²) in [6, 6.07) is 9.71. The van der Waals surface area contributed by atoms with Gasteiger partial charge in [-0.3, -0.25) is 4.79 Å². The fourth-order valence-corrected chi connectivity index (χ4v) is 3.09. The molecule has 1 N–H and O–H groups in total. The van der Waals surface area contributed by atoms with Gasteiger partial charge in [-0.15, -0.1) is 11.3 Å². The van der Waals surface area contributed by atoms with Crippen LogP contribution in [-0.2, 0) is 0 Å². The molecule has 2 nitrogen and oxygen atoms in total. The van der Waals surface area contributed by atoms with Gasteiger partial charge in [0.15, 0.2) is 0 Å². The summed E-state index contributed by atoms with van der Waals surface area (Å²) in [6.45, 7) is 3.99. The van der Waals surface area contributed by atoms with Crippen LogP contribution in [0.3, 0.4) is 0 Å². The van der Waals surface area contributed by atoms with Crippen molar-refractivity contribution in [3.8, 4) is 0 Å². The van der Waals surface area contributed by atoms with Crippen molar-refractivity contribution in [2.24, 2.45) is 0 Å². The molecule has 0 aliphatic heterocycles. The lowest BCUT2D eigenvalue weighted by Crippen LogP contribution is -2.11. The van der Waals surface area contributed by atoms with Gasteiger partial charge in [-0.05, 0) is 60.7 Å². The van der Waals surface area contributed by atoms with Crippen molar-refractivity contribution in [3.05, 3.63) is 49.2 Å². The maximum atomic E-state index is 12.1. The van der Waals surface area contributed by atoms with Gasteiger partial charge in [0, 0.05) is 19.0 Å². The van der Waals surface area contributed by atoms with Crippen LogP contribution in [0.5, 0.6) is 0 Å². The lowest BCUT2D eigenvalue weighted by molar-refractivity contribution is 0.102. The Morgan fingerprint density at radius 2 is 2.06 bits per heavy atom. The fraction of sp³-hybridized carbons (Fsp3) is 0.154. The van der Waals surface area contributed by atoms with E-state index in [0.29, 0.717) is 0 Å². The van der Waals surface area contributed by atoms with Crippen LogP contribution in [0.4, 0.5) is 5.69 Å². The smallest absolute Gasteiger partial charge is 0.256 e. The minimum Gasteiger partial charge on any atom is -0.322 e. The summed E-state index contributed by atoms with van der Waals surface area (Å²) in [5, 5.41) is 2.92. The first-order valence-corrected chi connectivity index (χ1v) is 7.10. The van der Waals surface area contributed by atoms with E-state index in [2.05, 4.69) is 27.9 Å². The Kier molecular flexibility index (Phi) is 3.83. The number of benzene rings is 1. The third kappa shape index (κ3) is 3.07. The van der Waals surface area contributed by atoms with E-state index in [9.17, 15) is 4.79 Å². The molecule has 0 radical (unpaired) electrons. The number of hydrogen-bond acceptors (Lipinski definition) is 2. The minimum atomic E-state index is -0.0335. The number of carbonyl (C=O) groups excluding carboxylic acids is 1. The first-order chi connectivity index (χ1) is 8.06. The molecule has 0 saturated heterocycles. The maximum absolute atomic E-state index is 12.1. The third-order valence-electron chi connectivity index (χ3n) is 2.37. The van der Waals surface area contributed by atoms with E-state index in [0.717, 1.165) is 24.6 Å². The van der Waals surface area contributed by atoms with Crippen LogP contribution in [0.25, 0.3) is 0 Å². The molecular weight excluding hydrogens is 345 g/mol. The first kappa shape index (κ1) is 12.6. The largest absolute Gasteiger partial charge is 0.322 e. The highest BCUT2D eigenvalue weighted by atomic mass is 127. The zero-order valence-electron chi connectivity index (χ0n) is 9.58. The average molecular weight is 357 g/mol. The monoisotopic (exact) mass is 357 g/mol. The topological polar surface area (TPSA) is 29.1 Å². The van der Waals surface area contributed by atoms with Gasteiger partial charge in [0.2, 0.25) is 0 Å². The maximum Gasteiger partial charge on any atom is 0.256 e. The van der Waals surface area contributed by atoms with Crippen molar-refractivity contribution in [2.75, 3.05) is 5.32 Å². The molecule has 1 amide bonds. The van der Waals surface area contributed by atoms with Gasteiger partial charge in [-0.2, -0.15) is 0 Å². The summed E-state index contributed by atoms with van der Waals surface area (Å²) in [5.74, 6) is -0.0335. The highest BCUT2D eigenvalue weighted by Gasteiger charge is 2.11. The molecule has 2 aromatic rings. The molecular formula is C13H12INOS. The van der Waals surface area contributed by atoms with Gasteiger partial charge in [-0.25, -0.2) is 0 Å². The van der Waals surface area contributed by atoms with Crippen LogP contribution >= 0.6 is 33.9 Å². The standard InChI is InChI=1S/C13H12INOS/c1-8-6-12(9(2)17-8)13(16)15-11-5-3-4-10(14)7-11/h3-7H,1-2H3,(H,15,16). The first-order valence-electron chi connectivity index (χ1n) is 5.20. The quantitative estimate of drug-likeness (QED) is 0.801. The second-order valence-electron chi connectivity index (χ2n) is 3.79. The van der Waals surface area contributed by atoms with Crippen LogP contribution in [-0.4, -0.2) is 5.91 Å². The molecule has 0 spiro atoms. The SMILES string of the molecule is Cc1cc(C(=O)Nc2cccc(I)c2)c(C)s1. The van der Waals surface area contributed by atoms with E-state index in [1.54, 1.807) is 11.3 Å². The van der Waals surface area contributed by atoms with Gasteiger partial charge < -0.3 is 5.32 Å². The van der Waals surface area contributed by atoms with E-state index >= 15 is 0 Å². The summed E-state index contributed by atoms with van der Waals surface area (Å²) >= 11 is 3.88. The van der Waals surface area contributed by atoms with Gasteiger partial charge in [0.05, 0.1) is 5.56 Å². The second kappa shape index (κ2) is 5.18. The number of thiophene rings is 1. The van der Waals surface area contributed by atoms with E-state index in [1.807, 2.05) is 44.2 Å². The van der Waals surface area contributed by atoms with Gasteiger partial charge in [0.1, 0.15) is 0 Å². The van der Waals surface area contributed by atoms with Crippen molar-refractivity contribution in [3.63, 3.8) is 0 Å². The number of aryl methyl sites for hydroxylation is 2. The Bertz CT molecular complexity index is 562. The zero-order chi connectivity index (χ0) is 12.4. The number of anilines is 1. The highest BCUT2D eigenvalue weighted by Crippen LogP contribution is 2.22. The lowest BCUT2D eigenvalue weighted by Gasteiger charge is -2.04. The fourth-order valence-electron chi connectivity index (χ4n) is 1.62. The summed E-state index contributed by atoms with van der Waals surface area (Å²) in [4.78, 5) is 14.3. The van der Waals surface area contributed by atoms with E-state index < -0.39 is 0 Å². The highest BCUT2D eigenvalue weighted by molar-refractivity contribution is 14.1. The molecule has 4 heteroatoms. The van der Waals surface area contributed by atoms with Gasteiger partial charge in [-0.1, -0.05) is 6.07 Å². The van der Waals surface area contributed by atoms with Crippen molar-refractivity contribution >= 4 is 45.5 Å². The van der Waals surface area contributed by atoms with Crippen LogP contribution in [0, 0.1) is 17.4 Å². The Hall–Kier alpha value is -0.880. The lowest BCUT2D eigenvalue weighted by atomic mass is 10.2. The summed E-state index contributed by atoms with van der Waals surface area (Å²) < 4.78 is 1.11. The number of amides is 1. The Balaban J connectivity index is 2.20. The van der Waals surface area contributed by atoms with E-state index in [1.165, 1.54) is 0 Å². The van der Waals surface area contributed by atoms with Gasteiger partial charge in [0.25, 0.3) is 5.91 Å². The number of hydrogen-bond donors (Lipinski definition) is 1. The van der Waals surface area contributed by atoms with Gasteiger partial charge >= 0.3 is 0 Å². The average Bonchev–Trinajstić information content (AvgIpc) is 2.58. The van der Waals surface area contributed by atoms with E-state index in [4.69, 9.17) is 0 Å². The normalized spacial score (nSPS) is 10.3. The number of carbonyl (C=O) groups is 1. The molecule has 0 fully saturated rings. The molecule has 1 heterocycles. The van der Waals surface area contributed by atoms with Crippen molar-refractivity contribution in [1.29, 1.82) is 0 Å². The van der Waals surface area contributed by atoms with Crippen LogP contribution in [0.15, 0.2) is 30.3 Å². The molecule has 1 aromatic carbocycles. The van der Waals surface area contributed by atoms with E-state index in [-0.39, 0.29) is 5.91 Å². The zero-order valence-corrected chi connectivity index (χ0v) is 12.6. The van der Waals surface area contributed by atoms with Crippen LogP contribution in [0.2, 0.25) is 0 Å². The van der Waals surface area contributed by atoms with Crippen molar-refractivity contribution in [1.82, 2.24) is 0 Å². The molecule has 0 atom stereocenters. The molecule has 1 aromatic heterocycles. The molecule has 17 heavy (non-hydrogen) atoms. The van der Waals surface area contributed by atoms with Crippen molar-refractivity contribution in [2.45, 2.75) is 13.8 Å². The summed E-state index contributed by atoms with van der Waals surface area (Å²) in [6.07, 6.45) is 0. The minimum absolute atomic E-state index is 0.0335. The Labute approximate surface area is 118 Å². The van der Waals surface area contributed by atoms with Crippen LogP contribution < -0.4 is 5.32 Å². The molecule has 0 saturated carbocycles. The summed E-state index contributed by atoms with van der Waals surface area (Å²) in [7, 11) is 0. The molecule has 88 valence electrons. The molecule has 2 rings (SSSR count). The van der Waals surface area contributed by atoms with Crippen LogP contribution in [0.1, 0.15) is 20.1 Å².